The minimum Gasteiger partial charge on any atom is -0.354 e. The van der Waals surface area contributed by atoms with Gasteiger partial charge in [-0.15, -0.1) is 10.2 Å². The monoisotopic (exact) mass is 501 g/mol. The highest BCUT2D eigenvalue weighted by molar-refractivity contribution is 6.30. The zero-order valence-electron chi connectivity index (χ0n) is 19.6. The van der Waals surface area contributed by atoms with E-state index in [0.29, 0.717) is 31.2 Å². The van der Waals surface area contributed by atoms with Crippen LogP contribution in [0.3, 0.4) is 0 Å². The molecule has 2 aromatic heterocycles. The summed E-state index contributed by atoms with van der Waals surface area (Å²) >= 11 is 6.32. The summed E-state index contributed by atoms with van der Waals surface area (Å²) in [6.45, 7) is 2.43. The lowest BCUT2D eigenvalue weighted by Crippen LogP contribution is -2.35. The molecule has 3 aromatic rings. The summed E-state index contributed by atoms with van der Waals surface area (Å²) in [6.07, 6.45) is 2.49. The van der Waals surface area contributed by atoms with Crippen LogP contribution in [-0.4, -0.2) is 69.2 Å². The lowest BCUT2D eigenvalue weighted by molar-refractivity contribution is -0.130. The zero-order chi connectivity index (χ0) is 24.7. The lowest BCUT2D eigenvalue weighted by atomic mass is 9.95. The predicted octanol–water partition coefficient (Wildman–Crippen LogP) is 3.38. The summed E-state index contributed by atoms with van der Waals surface area (Å²) in [5.41, 5.74) is 1.96. The average Bonchev–Trinajstić information content (AvgIpc) is 3.16. The standard InChI is InChI=1S/C24H26ClF2N7O/c1-31(2)22(35)14-32-12-16-9-17(25)3-4-20(16)34-21(13-32)29-30-23(34)15-5-7-33(8-6-15)24-19(27)10-18(26)11-28-24/h3-4,9-11,15H,5-8,12-14H2,1-2H3. The maximum Gasteiger partial charge on any atom is 0.236 e. The van der Waals surface area contributed by atoms with Crippen LogP contribution < -0.4 is 4.90 Å². The molecular weight excluding hydrogens is 476 g/mol. The van der Waals surface area contributed by atoms with Gasteiger partial charge in [0.2, 0.25) is 5.91 Å². The van der Waals surface area contributed by atoms with Crippen molar-refractivity contribution >= 4 is 23.3 Å². The van der Waals surface area contributed by atoms with E-state index in [9.17, 15) is 13.6 Å². The number of pyridine rings is 1. The molecule has 0 radical (unpaired) electrons. The number of piperidine rings is 1. The van der Waals surface area contributed by atoms with E-state index in [-0.39, 0.29) is 24.2 Å². The SMILES string of the molecule is CN(C)C(=O)CN1Cc2cc(Cl)ccc2-n2c(nnc2C2CCN(c3ncc(F)cc3F)CC2)C1. The number of anilines is 1. The van der Waals surface area contributed by atoms with Gasteiger partial charge in [0.15, 0.2) is 17.5 Å². The predicted molar refractivity (Wildman–Crippen MR) is 128 cm³/mol. The Kier molecular flexibility index (Phi) is 6.41. The third-order valence-corrected chi connectivity index (χ3v) is 6.84. The number of amides is 1. The van der Waals surface area contributed by atoms with Crippen LogP contribution >= 0.6 is 11.6 Å². The molecule has 184 valence electrons. The third kappa shape index (κ3) is 4.72. The summed E-state index contributed by atoms with van der Waals surface area (Å²) in [5, 5.41) is 9.69. The highest BCUT2D eigenvalue weighted by Gasteiger charge is 2.31. The van der Waals surface area contributed by atoms with Gasteiger partial charge in [0.05, 0.1) is 25.0 Å². The molecule has 1 saturated heterocycles. The number of benzene rings is 1. The zero-order valence-corrected chi connectivity index (χ0v) is 20.3. The fourth-order valence-electron chi connectivity index (χ4n) is 4.79. The van der Waals surface area contributed by atoms with Gasteiger partial charge < -0.3 is 9.80 Å². The molecule has 0 spiro atoms. The highest BCUT2D eigenvalue weighted by atomic mass is 35.5. The summed E-state index contributed by atoms with van der Waals surface area (Å²) in [6, 6.07) is 6.61. The van der Waals surface area contributed by atoms with Crippen molar-refractivity contribution in [1.82, 2.24) is 29.5 Å². The molecule has 1 fully saturated rings. The number of likely N-dealkylation sites (N-methyl/N-ethyl adjacent to an activating group) is 1. The second-order valence-electron chi connectivity index (χ2n) is 9.24. The Morgan fingerprint density at radius 2 is 1.91 bits per heavy atom. The van der Waals surface area contributed by atoms with Gasteiger partial charge in [-0.2, -0.15) is 0 Å². The second-order valence-corrected chi connectivity index (χ2v) is 9.67. The Morgan fingerprint density at radius 3 is 2.63 bits per heavy atom. The van der Waals surface area contributed by atoms with E-state index in [2.05, 4.69) is 19.7 Å². The molecule has 35 heavy (non-hydrogen) atoms. The Morgan fingerprint density at radius 1 is 1.14 bits per heavy atom. The van der Waals surface area contributed by atoms with E-state index in [4.69, 9.17) is 11.6 Å². The molecule has 2 aliphatic heterocycles. The molecule has 0 bridgehead atoms. The first-order valence-corrected chi connectivity index (χ1v) is 11.9. The average molecular weight is 502 g/mol. The normalized spacial score (nSPS) is 16.5. The van der Waals surface area contributed by atoms with Crippen LogP contribution in [0.4, 0.5) is 14.6 Å². The van der Waals surface area contributed by atoms with Crippen LogP contribution in [0.2, 0.25) is 5.02 Å². The van der Waals surface area contributed by atoms with E-state index in [0.717, 1.165) is 48.0 Å². The third-order valence-electron chi connectivity index (χ3n) is 6.60. The number of rotatable bonds is 4. The van der Waals surface area contributed by atoms with E-state index in [1.807, 2.05) is 28.0 Å². The molecule has 1 amide bonds. The van der Waals surface area contributed by atoms with E-state index in [1.165, 1.54) is 0 Å². The van der Waals surface area contributed by atoms with Crippen LogP contribution in [0.1, 0.15) is 36.0 Å². The van der Waals surface area contributed by atoms with E-state index >= 15 is 0 Å². The number of fused-ring (bicyclic) bond motifs is 3. The number of hydrogen-bond acceptors (Lipinski definition) is 6. The molecule has 1 aromatic carbocycles. The largest absolute Gasteiger partial charge is 0.354 e. The first-order chi connectivity index (χ1) is 16.8. The van der Waals surface area contributed by atoms with E-state index < -0.39 is 11.6 Å². The van der Waals surface area contributed by atoms with Crippen molar-refractivity contribution in [3.8, 4) is 5.69 Å². The molecule has 5 rings (SSSR count). The molecule has 2 aliphatic rings. The summed E-state index contributed by atoms with van der Waals surface area (Å²) in [5.74, 6) is 0.555. The van der Waals surface area contributed by atoms with Gasteiger partial charge in [-0.3, -0.25) is 14.3 Å². The topological polar surface area (TPSA) is 70.4 Å². The van der Waals surface area contributed by atoms with Gasteiger partial charge >= 0.3 is 0 Å². The molecule has 11 heteroatoms. The summed E-state index contributed by atoms with van der Waals surface area (Å²) in [4.78, 5) is 21.8. The van der Waals surface area contributed by atoms with Crippen molar-refractivity contribution in [3.05, 3.63) is 64.3 Å². The van der Waals surface area contributed by atoms with Gasteiger partial charge in [0, 0.05) is 50.7 Å². The van der Waals surface area contributed by atoms with E-state index in [1.54, 1.807) is 19.0 Å². The van der Waals surface area contributed by atoms with Gasteiger partial charge in [-0.25, -0.2) is 13.8 Å². The Bertz CT molecular complexity index is 1260. The number of aromatic nitrogens is 4. The van der Waals surface area contributed by atoms with Crippen molar-refractivity contribution in [2.45, 2.75) is 31.8 Å². The first-order valence-electron chi connectivity index (χ1n) is 11.5. The number of nitrogens with zero attached hydrogens (tertiary/aromatic N) is 7. The van der Waals surface area contributed by atoms with Crippen LogP contribution in [0, 0.1) is 11.6 Å². The van der Waals surface area contributed by atoms with Crippen LogP contribution in [-0.2, 0) is 17.9 Å². The van der Waals surface area contributed by atoms with Gasteiger partial charge in [-0.1, -0.05) is 11.6 Å². The Labute approximate surface area is 207 Å². The number of carbonyl (C=O) groups excluding carboxylic acids is 1. The number of hydrogen-bond donors (Lipinski definition) is 0. The van der Waals surface area contributed by atoms with Crippen molar-refractivity contribution in [3.63, 3.8) is 0 Å². The molecule has 0 unspecified atom stereocenters. The van der Waals surface area contributed by atoms with Gasteiger partial charge in [-0.05, 0) is 36.6 Å². The molecule has 0 saturated carbocycles. The van der Waals surface area contributed by atoms with Gasteiger partial charge in [0.1, 0.15) is 11.6 Å². The first kappa shape index (κ1) is 23.6. The fourth-order valence-corrected chi connectivity index (χ4v) is 4.98. The molecule has 4 heterocycles. The minimum atomic E-state index is -0.688. The fraction of sp³-hybridized carbons (Fsp3) is 0.417. The maximum absolute atomic E-state index is 14.2. The Hall–Kier alpha value is -3.11. The van der Waals surface area contributed by atoms with Crippen molar-refractivity contribution < 1.29 is 13.6 Å². The van der Waals surface area contributed by atoms with Crippen LogP contribution in [0.5, 0.6) is 0 Å². The molecule has 0 aliphatic carbocycles. The van der Waals surface area contributed by atoms with Crippen LogP contribution in [0.15, 0.2) is 30.5 Å². The Balaban J connectivity index is 1.42. The summed E-state index contributed by atoms with van der Waals surface area (Å²) < 4.78 is 29.6. The van der Waals surface area contributed by atoms with Crippen molar-refractivity contribution in [1.29, 1.82) is 0 Å². The number of carbonyl (C=O) groups is 1. The van der Waals surface area contributed by atoms with Crippen LogP contribution in [0.25, 0.3) is 5.69 Å². The minimum absolute atomic E-state index is 0.00998. The van der Waals surface area contributed by atoms with Gasteiger partial charge in [0.25, 0.3) is 0 Å². The number of halogens is 3. The second kappa shape index (κ2) is 9.50. The van der Waals surface area contributed by atoms with Crippen molar-refractivity contribution in [2.24, 2.45) is 0 Å². The highest BCUT2D eigenvalue weighted by Crippen LogP contribution is 2.34. The van der Waals surface area contributed by atoms with Crippen molar-refractivity contribution in [2.75, 3.05) is 38.6 Å². The quantitative estimate of drug-likeness (QED) is 0.546. The molecule has 0 atom stereocenters. The molecule has 8 nitrogen and oxygen atoms in total. The molecule has 0 N–H and O–H groups in total. The summed E-state index contributed by atoms with van der Waals surface area (Å²) in [7, 11) is 3.48. The molecular formula is C24H26ClF2N7O. The smallest absolute Gasteiger partial charge is 0.236 e. The lowest BCUT2D eigenvalue weighted by Gasteiger charge is -2.32. The maximum atomic E-state index is 14.2.